The molecule has 31 heavy (non-hydrogen) atoms. The van der Waals surface area contributed by atoms with Crippen LogP contribution in [-0.2, 0) is 19.5 Å². The molecule has 5 rings (SSSR count). The molecule has 1 saturated carbocycles. The molecule has 7 heteroatoms. The van der Waals surface area contributed by atoms with Gasteiger partial charge in [-0.15, -0.1) is 0 Å². The summed E-state index contributed by atoms with van der Waals surface area (Å²) in [7, 11) is 3.30. The van der Waals surface area contributed by atoms with Crippen LogP contribution < -0.4 is 15.0 Å². The molecule has 0 radical (unpaired) electrons. The molecule has 0 spiro atoms. The first-order valence-corrected chi connectivity index (χ1v) is 10.7. The Balaban J connectivity index is 1.31. The van der Waals surface area contributed by atoms with Gasteiger partial charge in [-0.2, -0.15) is 0 Å². The fourth-order valence-corrected chi connectivity index (χ4v) is 4.14. The first-order valence-electron chi connectivity index (χ1n) is 10.7. The summed E-state index contributed by atoms with van der Waals surface area (Å²) in [4.78, 5) is 27.2. The summed E-state index contributed by atoms with van der Waals surface area (Å²) in [6, 6.07) is 9.76. The van der Waals surface area contributed by atoms with Crippen molar-refractivity contribution in [2.45, 2.75) is 38.3 Å². The smallest absolute Gasteiger partial charge is 0.255 e. The highest BCUT2D eigenvalue weighted by atomic mass is 16.5. The minimum Gasteiger partial charge on any atom is -0.497 e. The number of nitrogens with one attached hydrogen (secondary N) is 1. The molecular weight excluding hydrogens is 392 g/mol. The maximum atomic E-state index is 12.6. The molecule has 0 saturated heterocycles. The average Bonchev–Trinajstić information content (AvgIpc) is 3.65. The largest absolute Gasteiger partial charge is 0.497 e. The lowest BCUT2D eigenvalue weighted by Gasteiger charge is -2.27. The number of nitrogens with zero attached hydrogens (tertiary/aromatic N) is 3. The van der Waals surface area contributed by atoms with Gasteiger partial charge in [0.2, 0.25) is 0 Å². The van der Waals surface area contributed by atoms with Crippen molar-refractivity contribution in [3.05, 3.63) is 69.5 Å². The van der Waals surface area contributed by atoms with Crippen molar-refractivity contribution < 1.29 is 9.47 Å². The molecular formula is C24H26N4O3. The van der Waals surface area contributed by atoms with Gasteiger partial charge in [0, 0.05) is 43.7 Å². The summed E-state index contributed by atoms with van der Waals surface area (Å²) in [6.07, 6.45) is 4.98. The lowest BCUT2D eigenvalue weighted by Crippen LogP contribution is -2.35. The maximum Gasteiger partial charge on any atom is 0.255 e. The number of ether oxygens (including phenoxy) is 2. The van der Waals surface area contributed by atoms with Gasteiger partial charge in [0.15, 0.2) is 0 Å². The molecule has 2 aromatic heterocycles. The first-order chi connectivity index (χ1) is 15.1. The van der Waals surface area contributed by atoms with Crippen LogP contribution in [0.2, 0.25) is 0 Å². The van der Waals surface area contributed by atoms with Gasteiger partial charge in [0.05, 0.1) is 31.2 Å². The lowest BCUT2D eigenvalue weighted by molar-refractivity contribution is 0.241. The third-order valence-electron chi connectivity index (χ3n) is 6.04. The number of methoxy groups -OCH3 is 2. The lowest BCUT2D eigenvalue weighted by atomic mass is 10.1. The Kier molecular flexibility index (Phi) is 5.19. The molecule has 0 atom stereocenters. The number of fused-ring (bicyclic) bond motifs is 1. The zero-order chi connectivity index (χ0) is 21.4. The second kappa shape index (κ2) is 8.15. The van der Waals surface area contributed by atoms with Gasteiger partial charge in [0.1, 0.15) is 17.3 Å². The van der Waals surface area contributed by atoms with Crippen molar-refractivity contribution in [1.29, 1.82) is 0 Å². The van der Waals surface area contributed by atoms with E-state index >= 15 is 0 Å². The van der Waals surface area contributed by atoms with Gasteiger partial charge in [-0.1, -0.05) is 6.07 Å². The normalized spacial score (nSPS) is 16.1. The summed E-state index contributed by atoms with van der Waals surface area (Å²) >= 11 is 0. The van der Waals surface area contributed by atoms with Crippen molar-refractivity contribution >= 4 is 0 Å². The zero-order valence-corrected chi connectivity index (χ0v) is 17.9. The van der Waals surface area contributed by atoms with Crippen LogP contribution in [0.1, 0.15) is 41.4 Å². The average molecular weight is 418 g/mol. The standard InChI is InChI=1S/C24H26N4O3/c1-30-17-6-8-22(31-2)18(11-17)20-7-3-15(12-25-20)13-28-10-9-21-19(14-28)24(29)27-23(26-21)16-4-5-16/h3,6-8,11-12,16H,4-5,9-10,13-14H2,1-2H3,(H,26,27,29). The molecule has 0 bridgehead atoms. The molecule has 3 aromatic rings. The van der Waals surface area contributed by atoms with Gasteiger partial charge in [0.25, 0.3) is 5.56 Å². The number of hydrogen-bond donors (Lipinski definition) is 1. The van der Waals surface area contributed by atoms with Crippen LogP contribution in [0.4, 0.5) is 0 Å². The van der Waals surface area contributed by atoms with Crippen LogP contribution in [0.15, 0.2) is 41.3 Å². The van der Waals surface area contributed by atoms with E-state index in [2.05, 4.69) is 20.9 Å². The number of hydrogen-bond acceptors (Lipinski definition) is 6. The Hall–Kier alpha value is -3.19. The first kappa shape index (κ1) is 19.8. The number of rotatable bonds is 6. The van der Waals surface area contributed by atoms with Gasteiger partial charge >= 0.3 is 0 Å². The number of aromatic nitrogens is 3. The number of benzene rings is 1. The van der Waals surface area contributed by atoms with E-state index < -0.39 is 0 Å². The molecule has 0 amide bonds. The highest BCUT2D eigenvalue weighted by Gasteiger charge is 2.29. The van der Waals surface area contributed by atoms with Crippen molar-refractivity contribution in [2.24, 2.45) is 0 Å². The number of H-pyrrole nitrogens is 1. The third-order valence-corrected chi connectivity index (χ3v) is 6.04. The van der Waals surface area contributed by atoms with Crippen LogP contribution in [0.25, 0.3) is 11.3 Å². The predicted octanol–water partition coefficient (Wildman–Crippen LogP) is 3.28. The van der Waals surface area contributed by atoms with Gasteiger partial charge in [-0.3, -0.25) is 14.7 Å². The van der Waals surface area contributed by atoms with Crippen molar-refractivity contribution in [1.82, 2.24) is 19.9 Å². The van der Waals surface area contributed by atoms with Crippen molar-refractivity contribution in [3.63, 3.8) is 0 Å². The zero-order valence-electron chi connectivity index (χ0n) is 17.9. The Morgan fingerprint density at radius 1 is 1.16 bits per heavy atom. The van der Waals surface area contributed by atoms with E-state index in [0.29, 0.717) is 12.5 Å². The van der Waals surface area contributed by atoms with Crippen LogP contribution in [0, 0.1) is 0 Å². The molecule has 1 aliphatic carbocycles. The molecule has 1 aliphatic heterocycles. The van der Waals surface area contributed by atoms with Crippen molar-refractivity contribution in [3.8, 4) is 22.8 Å². The fourth-order valence-electron chi connectivity index (χ4n) is 4.14. The van der Waals surface area contributed by atoms with Gasteiger partial charge < -0.3 is 14.5 Å². The van der Waals surface area contributed by atoms with Gasteiger partial charge in [-0.05, 0) is 42.7 Å². The van der Waals surface area contributed by atoms with E-state index in [-0.39, 0.29) is 5.56 Å². The van der Waals surface area contributed by atoms with Gasteiger partial charge in [-0.25, -0.2) is 4.98 Å². The second-order valence-electron chi connectivity index (χ2n) is 8.23. The summed E-state index contributed by atoms with van der Waals surface area (Å²) in [5.74, 6) is 2.86. The Morgan fingerprint density at radius 2 is 2.03 bits per heavy atom. The van der Waals surface area contributed by atoms with Crippen LogP contribution in [-0.4, -0.2) is 40.6 Å². The Morgan fingerprint density at radius 3 is 2.74 bits per heavy atom. The SMILES string of the molecule is COc1ccc(OC)c(-c2ccc(CN3CCc4nc(C5CC5)[nH]c(=O)c4C3)cn2)c1. The second-order valence-corrected chi connectivity index (χ2v) is 8.23. The highest BCUT2D eigenvalue weighted by Crippen LogP contribution is 2.38. The Bertz CT molecular complexity index is 1150. The van der Waals surface area contributed by atoms with E-state index in [1.54, 1.807) is 14.2 Å². The monoisotopic (exact) mass is 418 g/mol. The molecule has 1 fully saturated rings. The number of pyridine rings is 1. The molecule has 1 N–H and O–H groups in total. The summed E-state index contributed by atoms with van der Waals surface area (Å²) in [5.41, 5.74) is 4.63. The topological polar surface area (TPSA) is 80.3 Å². The summed E-state index contributed by atoms with van der Waals surface area (Å²) in [5, 5.41) is 0. The predicted molar refractivity (Wildman–Crippen MR) is 117 cm³/mol. The van der Waals surface area contributed by atoms with E-state index in [9.17, 15) is 4.79 Å². The minimum atomic E-state index is 0.0233. The van der Waals surface area contributed by atoms with E-state index in [1.807, 2.05) is 30.5 Å². The number of aromatic amines is 1. The molecule has 3 heterocycles. The third kappa shape index (κ3) is 4.05. The maximum absolute atomic E-state index is 12.6. The minimum absolute atomic E-state index is 0.0233. The quantitative estimate of drug-likeness (QED) is 0.662. The molecule has 7 nitrogen and oxygen atoms in total. The van der Waals surface area contributed by atoms with Crippen LogP contribution >= 0.6 is 0 Å². The fraction of sp³-hybridized carbons (Fsp3) is 0.375. The van der Waals surface area contributed by atoms with E-state index in [0.717, 1.165) is 77.8 Å². The molecule has 2 aliphatic rings. The van der Waals surface area contributed by atoms with E-state index in [1.165, 1.54) is 0 Å². The van der Waals surface area contributed by atoms with Crippen LogP contribution in [0.3, 0.4) is 0 Å². The molecule has 0 unspecified atom stereocenters. The van der Waals surface area contributed by atoms with Crippen LogP contribution in [0.5, 0.6) is 11.5 Å². The molecule has 1 aromatic carbocycles. The highest BCUT2D eigenvalue weighted by molar-refractivity contribution is 5.69. The Labute approximate surface area is 181 Å². The summed E-state index contributed by atoms with van der Waals surface area (Å²) in [6.45, 7) is 2.25. The summed E-state index contributed by atoms with van der Waals surface area (Å²) < 4.78 is 10.8. The van der Waals surface area contributed by atoms with E-state index in [4.69, 9.17) is 14.5 Å². The molecule has 160 valence electrons. The van der Waals surface area contributed by atoms with Crippen molar-refractivity contribution in [2.75, 3.05) is 20.8 Å².